The fraction of sp³-hybridized carbons (Fsp3) is 0.167. The summed E-state index contributed by atoms with van der Waals surface area (Å²) in [6.07, 6.45) is 0. The Morgan fingerprint density at radius 1 is 1.41 bits per heavy atom. The van der Waals surface area contributed by atoms with Gasteiger partial charge in [0.25, 0.3) is 5.91 Å². The average Bonchev–Trinajstić information content (AvgIpc) is 2.66. The Kier molecular flexibility index (Phi) is 3.81. The van der Waals surface area contributed by atoms with Crippen LogP contribution >= 0.6 is 24.0 Å². The van der Waals surface area contributed by atoms with E-state index in [9.17, 15) is 4.79 Å². The highest BCUT2D eigenvalue weighted by Gasteiger charge is 2.26. The zero-order valence-corrected chi connectivity index (χ0v) is 11.0. The van der Waals surface area contributed by atoms with Gasteiger partial charge in [-0.15, -0.1) is 0 Å². The molecule has 0 spiro atoms. The molecule has 0 radical (unpaired) electrons. The summed E-state index contributed by atoms with van der Waals surface area (Å²) >= 11 is 6.30. The first-order chi connectivity index (χ1) is 8.22. The molecule has 1 aromatic carbocycles. The lowest BCUT2D eigenvalue weighted by molar-refractivity contribution is -0.115. The van der Waals surface area contributed by atoms with Crippen LogP contribution in [0.2, 0.25) is 0 Å². The van der Waals surface area contributed by atoms with Gasteiger partial charge in [0.2, 0.25) is 0 Å². The van der Waals surface area contributed by atoms with Crippen molar-refractivity contribution in [2.75, 3.05) is 6.54 Å². The Labute approximate surface area is 110 Å². The molecule has 1 aliphatic heterocycles. The Morgan fingerprint density at radius 3 is 2.65 bits per heavy atom. The monoisotopic (exact) mass is 264 g/mol. The largest absolute Gasteiger partial charge is 0.384 e. The Balaban J connectivity index is 2.45. The average molecular weight is 264 g/mol. The smallest absolute Gasteiger partial charge is 0.265 e. The number of nitrogens with one attached hydrogen (secondary N) is 2. The van der Waals surface area contributed by atoms with E-state index in [1.807, 2.05) is 37.3 Å². The maximum atomic E-state index is 11.8. The van der Waals surface area contributed by atoms with E-state index in [1.165, 1.54) is 11.8 Å². The van der Waals surface area contributed by atoms with Gasteiger partial charge in [0.1, 0.15) is 9.23 Å². The fourth-order valence-corrected chi connectivity index (χ4v) is 2.68. The molecule has 2 N–H and O–H groups in total. The first kappa shape index (κ1) is 12.1. The number of carbonyl (C=O) groups excluding carboxylic acids is 1. The van der Waals surface area contributed by atoms with Crippen molar-refractivity contribution in [2.45, 2.75) is 6.92 Å². The minimum absolute atomic E-state index is 0.125. The van der Waals surface area contributed by atoms with Crippen molar-refractivity contribution in [1.82, 2.24) is 10.6 Å². The normalized spacial score (nSPS) is 17.9. The van der Waals surface area contributed by atoms with Crippen LogP contribution in [0.3, 0.4) is 0 Å². The van der Waals surface area contributed by atoms with Crippen LogP contribution in [0.15, 0.2) is 35.2 Å². The van der Waals surface area contributed by atoms with Crippen LogP contribution in [0.25, 0.3) is 5.70 Å². The number of thioether (sulfide) groups is 1. The van der Waals surface area contributed by atoms with Gasteiger partial charge < -0.3 is 10.6 Å². The molecule has 17 heavy (non-hydrogen) atoms. The maximum Gasteiger partial charge on any atom is 0.265 e. The van der Waals surface area contributed by atoms with Crippen LogP contribution in [0.1, 0.15) is 12.5 Å². The molecule has 0 unspecified atom stereocenters. The third kappa shape index (κ3) is 2.68. The van der Waals surface area contributed by atoms with Gasteiger partial charge in [0, 0.05) is 6.54 Å². The standard InChI is InChI=1S/C12H12N2OS2/c1-2-13-9(8-6-4-3-5-7-8)10-11(15)14-12(16)17-10/h3-7,13H,2H2,1H3,(H,14,15,16). The van der Waals surface area contributed by atoms with E-state index in [1.54, 1.807) is 0 Å². The number of thiocarbonyl (C=S) groups is 1. The molecule has 1 aliphatic rings. The summed E-state index contributed by atoms with van der Waals surface area (Å²) < 4.78 is 0.510. The lowest BCUT2D eigenvalue weighted by Crippen LogP contribution is -2.20. The number of hydrogen-bond acceptors (Lipinski definition) is 4. The number of carbonyl (C=O) groups is 1. The van der Waals surface area contributed by atoms with E-state index in [0.717, 1.165) is 17.8 Å². The summed E-state index contributed by atoms with van der Waals surface area (Å²) in [7, 11) is 0. The topological polar surface area (TPSA) is 41.1 Å². The minimum atomic E-state index is -0.125. The van der Waals surface area contributed by atoms with E-state index < -0.39 is 0 Å². The van der Waals surface area contributed by atoms with E-state index in [2.05, 4.69) is 10.6 Å². The number of amides is 1. The van der Waals surface area contributed by atoms with Gasteiger partial charge in [0.15, 0.2) is 0 Å². The number of hydrogen-bond donors (Lipinski definition) is 2. The van der Waals surface area contributed by atoms with Crippen molar-refractivity contribution >= 4 is 39.9 Å². The SMILES string of the molecule is CCNC(=C1SC(=S)NC1=O)c1ccccc1. The minimum Gasteiger partial charge on any atom is -0.384 e. The summed E-state index contributed by atoms with van der Waals surface area (Å²) in [5.41, 5.74) is 1.84. The zero-order valence-electron chi connectivity index (χ0n) is 9.32. The van der Waals surface area contributed by atoms with Gasteiger partial charge >= 0.3 is 0 Å². The van der Waals surface area contributed by atoms with Crippen LogP contribution in [-0.2, 0) is 4.79 Å². The van der Waals surface area contributed by atoms with Crippen molar-refractivity contribution in [1.29, 1.82) is 0 Å². The second-order valence-corrected chi connectivity index (χ2v) is 5.13. The van der Waals surface area contributed by atoms with E-state index in [4.69, 9.17) is 12.2 Å². The molecule has 0 aromatic heterocycles. The molecule has 88 valence electrons. The first-order valence-corrected chi connectivity index (χ1v) is 6.51. The van der Waals surface area contributed by atoms with Crippen LogP contribution in [-0.4, -0.2) is 16.8 Å². The van der Waals surface area contributed by atoms with Gasteiger partial charge in [-0.3, -0.25) is 4.79 Å². The van der Waals surface area contributed by atoms with Crippen LogP contribution < -0.4 is 10.6 Å². The maximum absolute atomic E-state index is 11.8. The van der Waals surface area contributed by atoms with Crippen LogP contribution in [0, 0.1) is 0 Å². The summed E-state index contributed by atoms with van der Waals surface area (Å²) in [6.45, 7) is 2.76. The summed E-state index contributed by atoms with van der Waals surface area (Å²) in [5.74, 6) is -0.125. The molecule has 0 bridgehead atoms. The zero-order chi connectivity index (χ0) is 12.3. The second-order valence-electron chi connectivity index (χ2n) is 3.44. The number of benzene rings is 1. The molecule has 0 saturated carbocycles. The molecule has 5 heteroatoms. The third-order valence-corrected chi connectivity index (χ3v) is 3.49. The molecule has 0 aliphatic carbocycles. The Morgan fingerprint density at radius 2 is 2.12 bits per heavy atom. The molecule has 1 amide bonds. The van der Waals surface area contributed by atoms with Crippen LogP contribution in [0.5, 0.6) is 0 Å². The van der Waals surface area contributed by atoms with Crippen molar-refractivity contribution in [3.05, 3.63) is 40.8 Å². The molecule has 1 fully saturated rings. The van der Waals surface area contributed by atoms with Crippen molar-refractivity contribution in [2.24, 2.45) is 0 Å². The predicted octanol–water partition coefficient (Wildman–Crippen LogP) is 2.11. The highest BCUT2D eigenvalue weighted by molar-refractivity contribution is 8.26. The van der Waals surface area contributed by atoms with Gasteiger partial charge in [-0.25, -0.2) is 0 Å². The molecule has 2 rings (SSSR count). The van der Waals surface area contributed by atoms with E-state index in [0.29, 0.717) is 9.23 Å². The Bertz CT molecular complexity index is 483. The van der Waals surface area contributed by atoms with Gasteiger partial charge in [-0.05, 0) is 12.5 Å². The molecular formula is C12H12N2OS2. The lowest BCUT2D eigenvalue weighted by Gasteiger charge is -2.11. The first-order valence-electron chi connectivity index (χ1n) is 5.29. The van der Waals surface area contributed by atoms with Gasteiger partial charge in [-0.2, -0.15) is 0 Å². The molecular weight excluding hydrogens is 252 g/mol. The van der Waals surface area contributed by atoms with Crippen LogP contribution in [0.4, 0.5) is 0 Å². The lowest BCUT2D eigenvalue weighted by atomic mass is 10.1. The molecule has 1 saturated heterocycles. The van der Waals surface area contributed by atoms with E-state index in [-0.39, 0.29) is 5.91 Å². The van der Waals surface area contributed by atoms with Gasteiger partial charge in [0.05, 0.1) is 5.70 Å². The second kappa shape index (κ2) is 5.33. The highest BCUT2D eigenvalue weighted by Crippen LogP contribution is 2.30. The Hall–Kier alpha value is -1.33. The molecule has 3 nitrogen and oxygen atoms in total. The molecule has 0 atom stereocenters. The molecule has 1 heterocycles. The predicted molar refractivity (Wildman–Crippen MR) is 75.4 cm³/mol. The third-order valence-electron chi connectivity index (χ3n) is 2.26. The highest BCUT2D eigenvalue weighted by atomic mass is 32.2. The van der Waals surface area contributed by atoms with Crippen molar-refractivity contribution in [3.8, 4) is 0 Å². The van der Waals surface area contributed by atoms with Gasteiger partial charge in [-0.1, -0.05) is 54.3 Å². The summed E-state index contributed by atoms with van der Waals surface area (Å²) in [4.78, 5) is 12.4. The quantitative estimate of drug-likeness (QED) is 0.648. The summed E-state index contributed by atoms with van der Waals surface area (Å²) in [6, 6.07) is 9.79. The van der Waals surface area contributed by atoms with Crippen molar-refractivity contribution in [3.63, 3.8) is 0 Å². The molecule has 1 aromatic rings. The fourth-order valence-electron chi connectivity index (χ4n) is 1.57. The number of rotatable bonds is 3. The van der Waals surface area contributed by atoms with Crippen molar-refractivity contribution < 1.29 is 4.79 Å². The summed E-state index contributed by atoms with van der Waals surface area (Å²) in [5, 5.41) is 5.86. The van der Waals surface area contributed by atoms with E-state index >= 15 is 0 Å².